The molecule has 0 bridgehead atoms. The van der Waals surface area contributed by atoms with Crippen molar-refractivity contribution in [3.05, 3.63) is 36.6 Å². The maximum absolute atomic E-state index is 12.9. The number of nitrogens with one attached hydrogen (secondary N) is 2. The number of hydrogen-bond donors (Lipinski definition) is 2. The van der Waals surface area contributed by atoms with Crippen LogP contribution in [0.3, 0.4) is 0 Å². The lowest BCUT2D eigenvalue weighted by atomic mass is 10.2. The fourth-order valence-electron chi connectivity index (χ4n) is 3.93. The number of nitrogens with zero attached hydrogens (tertiary/aromatic N) is 5. The summed E-state index contributed by atoms with van der Waals surface area (Å²) in [6, 6.07) is 3.69. The molecule has 2 aliphatic rings. The van der Waals surface area contributed by atoms with E-state index in [-0.39, 0.29) is 12.1 Å². The second-order valence-electron chi connectivity index (χ2n) is 7.28. The van der Waals surface area contributed by atoms with Gasteiger partial charge in [-0.15, -0.1) is 0 Å². The lowest BCUT2D eigenvalue weighted by molar-refractivity contribution is 0.267. The van der Waals surface area contributed by atoms with Gasteiger partial charge >= 0.3 is 0 Å². The molecule has 11 heteroatoms. The topological polar surface area (TPSA) is 120 Å². The van der Waals surface area contributed by atoms with E-state index in [0.29, 0.717) is 31.8 Å². The molecular weight excluding hydrogens is 382 g/mol. The normalized spacial score (nSPS) is 19.5. The SMILES string of the molecule is O=S(=O)(NCCc1ccno1)N1CCN(c2ncnc3[nH]ccc23)CC12CC2. The van der Waals surface area contributed by atoms with Crippen molar-refractivity contribution in [2.24, 2.45) is 0 Å². The van der Waals surface area contributed by atoms with Crippen LogP contribution in [-0.2, 0) is 16.6 Å². The molecule has 5 rings (SSSR count). The molecule has 4 heterocycles. The molecule has 148 valence electrons. The first-order chi connectivity index (χ1) is 13.6. The van der Waals surface area contributed by atoms with E-state index in [1.807, 2.05) is 12.3 Å². The monoisotopic (exact) mass is 403 g/mol. The zero-order valence-electron chi connectivity index (χ0n) is 15.2. The summed E-state index contributed by atoms with van der Waals surface area (Å²) in [6.07, 6.45) is 7.12. The van der Waals surface area contributed by atoms with Crippen molar-refractivity contribution in [2.75, 3.05) is 31.1 Å². The van der Waals surface area contributed by atoms with Crippen molar-refractivity contribution in [3.8, 4) is 0 Å². The highest BCUT2D eigenvalue weighted by molar-refractivity contribution is 7.87. The van der Waals surface area contributed by atoms with Gasteiger partial charge in [-0.05, 0) is 18.9 Å². The maximum atomic E-state index is 12.9. The fraction of sp³-hybridized carbons (Fsp3) is 0.471. The van der Waals surface area contributed by atoms with E-state index in [1.54, 1.807) is 22.9 Å². The van der Waals surface area contributed by atoms with Crippen molar-refractivity contribution < 1.29 is 12.9 Å². The van der Waals surface area contributed by atoms with Gasteiger partial charge in [0.25, 0.3) is 10.2 Å². The summed E-state index contributed by atoms with van der Waals surface area (Å²) in [5, 5.41) is 4.59. The summed E-state index contributed by atoms with van der Waals surface area (Å²) in [4.78, 5) is 14.0. The number of H-pyrrole nitrogens is 1. The van der Waals surface area contributed by atoms with Crippen LogP contribution in [0.15, 0.2) is 35.4 Å². The standard InChI is InChI=1S/C17H21N7O3S/c25-28(26,22-8-2-13-1-7-21-27-13)24-10-9-23(11-17(24)4-5-17)16-14-3-6-18-15(14)19-12-20-16/h1,3,6-7,12,22H,2,4-5,8-11H2,(H,18,19,20). The number of rotatable bonds is 6. The van der Waals surface area contributed by atoms with Crippen LogP contribution in [0.5, 0.6) is 0 Å². The Labute approximate surface area is 162 Å². The first-order valence-corrected chi connectivity index (χ1v) is 10.7. The van der Waals surface area contributed by atoms with Crippen LogP contribution in [0.1, 0.15) is 18.6 Å². The van der Waals surface area contributed by atoms with E-state index in [1.165, 1.54) is 0 Å². The van der Waals surface area contributed by atoms with Crippen molar-refractivity contribution in [2.45, 2.75) is 24.8 Å². The van der Waals surface area contributed by atoms with Gasteiger partial charge in [-0.2, -0.15) is 12.7 Å². The van der Waals surface area contributed by atoms with Crippen molar-refractivity contribution >= 4 is 27.1 Å². The molecule has 2 N–H and O–H groups in total. The first kappa shape index (κ1) is 17.6. The third-order valence-corrected chi connectivity index (χ3v) is 7.20. The minimum Gasteiger partial charge on any atom is -0.361 e. The minimum absolute atomic E-state index is 0.281. The summed E-state index contributed by atoms with van der Waals surface area (Å²) >= 11 is 0. The van der Waals surface area contributed by atoms with Crippen LogP contribution < -0.4 is 9.62 Å². The van der Waals surface area contributed by atoms with Crippen LogP contribution in [0.25, 0.3) is 11.0 Å². The number of anilines is 1. The predicted molar refractivity (Wildman–Crippen MR) is 102 cm³/mol. The molecule has 0 atom stereocenters. The number of aromatic nitrogens is 4. The molecule has 10 nitrogen and oxygen atoms in total. The first-order valence-electron chi connectivity index (χ1n) is 9.27. The van der Waals surface area contributed by atoms with E-state index >= 15 is 0 Å². The summed E-state index contributed by atoms with van der Waals surface area (Å²) in [7, 11) is -3.56. The van der Waals surface area contributed by atoms with E-state index in [0.717, 1.165) is 29.7 Å². The molecule has 1 spiro atoms. The third kappa shape index (κ3) is 3.05. The van der Waals surface area contributed by atoms with Crippen molar-refractivity contribution in [3.63, 3.8) is 0 Å². The van der Waals surface area contributed by atoms with Crippen LogP contribution in [0.2, 0.25) is 0 Å². The average Bonchev–Trinajstić information content (AvgIpc) is 3.11. The smallest absolute Gasteiger partial charge is 0.280 e. The second kappa shape index (κ2) is 6.54. The zero-order chi connectivity index (χ0) is 19.2. The van der Waals surface area contributed by atoms with Gasteiger partial charge < -0.3 is 14.4 Å². The molecule has 0 unspecified atom stereocenters. The summed E-state index contributed by atoms with van der Waals surface area (Å²) in [5.41, 5.74) is 0.433. The van der Waals surface area contributed by atoms with Gasteiger partial charge in [0.1, 0.15) is 23.6 Å². The van der Waals surface area contributed by atoms with Gasteiger partial charge in [0.05, 0.1) is 17.1 Å². The number of aromatic amines is 1. The Morgan fingerprint density at radius 1 is 1.25 bits per heavy atom. The van der Waals surface area contributed by atoms with Crippen LogP contribution in [0, 0.1) is 0 Å². The van der Waals surface area contributed by atoms with Gasteiger partial charge in [0.15, 0.2) is 0 Å². The molecule has 0 amide bonds. The molecule has 1 aliphatic carbocycles. The van der Waals surface area contributed by atoms with E-state index < -0.39 is 10.2 Å². The maximum Gasteiger partial charge on any atom is 0.280 e. The molecule has 28 heavy (non-hydrogen) atoms. The molecule has 0 radical (unpaired) electrons. The Morgan fingerprint density at radius 2 is 2.14 bits per heavy atom. The van der Waals surface area contributed by atoms with Gasteiger partial charge in [0, 0.05) is 44.9 Å². The van der Waals surface area contributed by atoms with Gasteiger partial charge in [-0.3, -0.25) is 0 Å². The average molecular weight is 403 g/mol. The van der Waals surface area contributed by atoms with E-state index in [9.17, 15) is 8.42 Å². The number of fused-ring (bicyclic) bond motifs is 1. The highest BCUT2D eigenvalue weighted by atomic mass is 32.2. The third-order valence-electron chi connectivity index (χ3n) is 5.48. The lowest BCUT2D eigenvalue weighted by Crippen LogP contribution is -2.59. The molecule has 3 aromatic rings. The Hall–Kier alpha value is -2.50. The Morgan fingerprint density at radius 3 is 2.93 bits per heavy atom. The summed E-state index contributed by atoms with van der Waals surface area (Å²) < 4.78 is 35.2. The Kier molecular flexibility index (Phi) is 4.11. The van der Waals surface area contributed by atoms with Gasteiger partial charge in [-0.25, -0.2) is 14.7 Å². The van der Waals surface area contributed by atoms with Gasteiger partial charge in [0.2, 0.25) is 0 Å². The number of hydrogen-bond acceptors (Lipinski definition) is 7. The summed E-state index contributed by atoms with van der Waals surface area (Å²) in [6.45, 7) is 1.92. The van der Waals surface area contributed by atoms with Crippen LogP contribution >= 0.6 is 0 Å². The van der Waals surface area contributed by atoms with E-state index in [2.05, 4.69) is 29.7 Å². The molecule has 2 fully saturated rings. The fourth-order valence-corrected chi connectivity index (χ4v) is 5.52. The van der Waals surface area contributed by atoms with Crippen LogP contribution in [0.4, 0.5) is 5.82 Å². The largest absolute Gasteiger partial charge is 0.361 e. The lowest BCUT2D eigenvalue weighted by Gasteiger charge is -2.41. The highest BCUT2D eigenvalue weighted by Crippen LogP contribution is 2.46. The molecule has 3 aromatic heterocycles. The molecule has 1 saturated carbocycles. The summed E-state index contributed by atoms with van der Waals surface area (Å²) in [5.74, 6) is 1.51. The van der Waals surface area contributed by atoms with Crippen molar-refractivity contribution in [1.82, 2.24) is 29.1 Å². The van der Waals surface area contributed by atoms with Crippen molar-refractivity contribution in [1.29, 1.82) is 0 Å². The highest BCUT2D eigenvalue weighted by Gasteiger charge is 2.56. The minimum atomic E-state index is -3.56. The molecule has 0 aromatic carbocycles. The quantitative estimate of drug-likeness (QED) is 0.621. The molecule has 1 aliphatic heterocycles. The van der Waals surface area contributed by atoms with E-state index in [4.69, 9.17) is 4.52 Å². The zero-order valence-corrected chi connectivity index (χ0v) is 16.0. The van der Waals surface area contributed by atoms with Crippen LogP contribution in [-0.4, -0.2) is 64.5 Å². The Bertz CT molecular complexity index is 1080. The predicted octanol–water partition coefficient (Wildman–Crippen LogP) is 0.678. The molecular formula is C17H21N7O3S. The Balaban J connectivity index is 1.30. The number of piperazine rings is 1. The molecule has 1 saturated heterocycles. The second-order valence-corrected chi connectivity index (χ2v) is 8.96. The van der Waals surface area contributed by atoms with Gasteiger partial charge in [-0.1, -0.05) is 5.16 Å².